The van der Waals surface area contributed by atoms with E-state index in [-0.39, 0.29) is 6.29 Å². The van der Waals surface area contributed by atoms with E-state index in [0.717, 1.165) is 0 Å². The molecule has 1 rings (SSSR count). The molecule has 0 atom stereocenters. The van der Waals surface area contributed by atoms with Gasteiger partial charge in [-0.25, -0.2) is 4.39 Å². The molecule has 9 heavy (non-hydrogen) atoms. The first-order chi connectivity index (χ1) is 4.08. The van der Waals surface area contributed by atoms with Crippen LogP contribution in [0.25, 0.3) is 0 Å². The van der Waals surface area contributed by atoms with Gasteiger partial charge in [0.1, 0.15) is 6.29 Å². The second-order valence-electron chi connectivity index (χ2n) is 1.84. The maximum absolute atomic E-state index is 11.9. The van der Waals surface area contributed by atoms with Crippen molar-refractivity contribution < 1.29 is 18.0 Å². The second-order valence-corrected chi connectivity index (χ2v) is 1.84. The van der Waals surface area contributed by atoms with Crippen molar-refractivity contribution in [2.75, 3.05) is 0 Å². The van der Waals surface area contributed by atoms with Crippen molar-refractivity contribution in [3.63, 3.8) is 0 Å². The lowest BCUT2D eigenvalue weighted by Crippen LogP contribution is -2.29. The molecule has 0 aliphatic heterocycles. The summed E-state index contributed by atoms with van der Waals surface area (Å²) in [5.74, 6) is -4.94. The van der Waals surface area contributed by atoms with Gasteiger partial charge in [-0.05, 0) is 0 Å². The standard InChI is InChI=1S/C5H3F3O/c6-4-3(2-9)1-5(4,7)8/h2H,1H2. The molecule has 4 heteroatoms. The van der Waals surface area contributed by atoms with E-state index in [1.807, 2.05) is 0 Å². The smallest absolute Gasteiger partial charge is 0.298 e. The fourth-order valence-corrected chi connectivity index (χ4v) is 0.616. The Morgan fingerprint density at radius 1 is 1.56 bits per heavy atom. The van der Waals surface area contributed by atoms with Crippen LogP contribution in [0.3, 0.4) is 0 Å². The van der Waals surface area contributed by atoms with Crippen molar-refractivity contribution in [3.05, 3.63) is 11.4 Å². The molecule has 0 amide bonds. The van der Waals surface area contributed by atoms with E-state index in [9.17, 15) is 18.0 Å². The molecule has 0 saturated heterocycles. The molecule has 0 heterocycles. The van der Waals surface area contributed by atoms with Crippen LogP contribution in [0, 0.1) is 0 Å². The minimum atomic E-state index is -3.36. The monoisotopic (exact) mass is 136 g/mol. The van der Waals surface area contributed by atoms with E-state index in [1.165, 1.54) is 0 Å². The largest absolute Gasteiger partial charge is 0.303 e. The van der Waals surface area contributed by atoms with Gasteiger partial charge < -0.3 is 0 Å². The van der Waals surface area contributed by atoms with Crippen LogP contribution in [0.4, 0.5) is 13.2 Å². The summed E-state index contributed by atoms with van der Waals surface area (Å²) in [5, 5.41) is 0. The highest BCUT2D eigenvalue weighted by Crippen LogP contribution is 2.42. The molecule has 1 nitrogen and oxygen atoms in total. The Morgan fingerprint density at radius 2 is 2.11 bits per heavy atom. The lowest BCUT2D eigenvalue weighted by atomic mass is 9.94. The van der Waals surface area contributed by atoms with Gasteiger partial charge >= 0.3 is 5.92 Å². The van der Waals surface area contributed by atoms with Gasteiger partial charge in [0, 0.05) is 12.0 Å². The van der Waals surface area contributed by atoms with Gasteiger partial charge in [-0.1, -0.05) is 0 Å². The highest BCUT2D eigenvalue weighted by Gasteiger charge is 2.47. The third kappa shape index (κ3) is 0.742. The van der Waals surface area contributed by atoms with Gasteiger partial charge in [0.2, 0.25) is 0 Å². The maximum atomic E-state index is 11.9. The molecular weight excluding hydrogens is 133 g/mol. The topological polar surface area (TPSA) is 17.1 Å². The fourth-order valence-electron chi connectivity index (χ4n) is 0.616. The third-order valence-electron chi connectivity index (χ3n) is 1.16. The van der Waals surface area contributed by atoms with Crippen molar-refractivity contribution >= 4 is 6.29 Å². The van der Waals surface area contributed by atoms with Crippen molar-refractivity contribution in [1.82, 2.24) is 0 Å². The summed E-state index contributed by atoms with van der Waals surface area (Å²) >= 11 is 0. The zero-order chi connectivity index (χ0) is 7.07. The quantitative estimate of drug-likeness (QED) is 0.498. The Bertz CT molecular complexity index is 183. The normalized spacial score (nSPS) is 23.4. The third-order valence-corrected chi connectivity index (χ3v) is 1.16. The molecule has 0 bridgehead atoms. The van der Waals surface area contributed by atoms with E-state index in [1.54, 1.807) is 0 Å². The molecular formula is C5H3F3O. The number of allylic oxidation sites excluding steroid dienone is 2. The van der Waals surface area contributed by atoms with Crippen LogP contribution in [-0.2, 0) is 4.79 Å². The van der Waals surface area contributed by atoms with Gasteiger partial charge in [-0.15, -0.1) is 0 Å². The van der Waals surface area contributed by atoms with Crippen LogP contribution in [0.1, 0.15) is 6.42 Å². The molecule has 0 fully saturated rings. The second kappa shape index (κ2) is 1.59. The van der Waals surface area contributed by atoms with Crippen LogP contribution < -0.4 is 0 Å². The Labute approximate surface area is 49.2 Å². The van der Waals surface area contributed by atoms with Crippen LogP contribution in [0.2, 0.25) is 0 Å². The molecule has 0 aromatic heterocycles. The molecule has 50 valence electrons. The van der Waals surface area contributed by atoms with E-state index in [0.29, 0.717) is 0 Å². The summed E-state index contributed by atoms with van der Waals surface area (Å²) in [4.78, 5) is 9.65. The highest BCUT2D eigenvalue weighted by atomic mass is 19.3. The fraction of sp³-hybridized carbons (Fsp3) is 0.400. The Balaban J connectivity index is 2.84. The number of hydrogen-bond donors (Lipinski definition) is 0. The Hall–Kier alpha value is -0.800. The summed E-state index contributed by atoms with van der Waals surface area (Å²) in [6, 6.07) is 0. The average molecular weight is 136 g/mol. The van der Waals surface area contributed by atoms with E-state index < -0.39 is 23.7 Å². The molecule has 0 saturated carbocycles. The SMILES string of the molecule is O=CC1=C(F)C(F)(F)C1. The van der Waals surface area contributed by atoms with Crippen molar-refractivity contribution in [2.24, 2.45) is 0 Å². The number of halogens is 3. The molecule has 0 radical (unpaired) electrons. The zero-order valence-electron chi connectivity index (χ0n) is 4.33. The lowest BCUT2D eigenvalue weighted by Gasteiger charge is -2.23. The summed E-state index contributed by atoms with van der Waals surface area (Å²) in [6.45, 7) is 0. The summed E-state index contributed by atoms with van der Waals surface area (Å²) < 4.78 is 35.4. The maximum Gasteiger partial charge on any atom is 0.303 e. The zero-order valence-corrected chi connectivity index (χ0v) is 4.33. The van der Waals surface area contributed by atoms with Gasteiger partial charge in [-0.3, -0.25) is 4.79 Å². The average Bonchev–Trinajstić information content (AvgIpc) is 1.82. The lowest BCUT2D eigenvalue weighted by molar-refractivity contribution is -0.108. The van der Waals surface area contributed by atoms with Gasteiger partial charge in [0.25, 0.3) is 0 Å². The number of carbonyl (C=O) groups is 1. The van der Waals surface area contributed by atoms with Gasteiger partial charge in [-0.2, -0.15) is 8.78 Å². The predicted octanol–water partition coefficient (Wildman–Crippen LogP) is 1.45. The molecule has 1 aliphatic rings. The number of alkyl halides is 2. The van der Waals surface area contributed by atoms with E-state index in [4.69, 9.17) is 0 Å². The predicted molar refractivity (Wildman–Crippen MR) is 23.8 cm³/mol. The minimum Gasteiger partial charge on any atom is -0.298 e. The molecule has 0 aromatic rings. The molecule has 0 unspecified atom stereocenters. The number of rotatable bonds is 1. The van der Waals surface area contributed by atoms with Crippen molar-refractivity contribution in [2.45, 2.75) is 12.3 Å². The summed E-state index contributed by atoms with van der Waals surface area (Å²) in [5.41, 5.74) is -0.417. The van der Waals surface area contributed by atoms with E-state index >= 15 is 0 Å². The molecule has 0 spiro atoms. The Kier molecular flexibility index (Phi) is 1.12. The van der Waals surface area contributed by atoms with Gasteiger partial charge in [0.05, 0.1) is 0 Å². The highest BCUT2D eigenvalue weighted by molar-refractivity contribution is 5.77. The molecule has 0 N–H and O–H groups in total. The summed E-state index contributed by atoms with van der Waals surface area (Å²) in [7, 11) is 0. The minimum absolute atomic E-state index is 0.118. The van der Waals surface area contributed by atoms with Crippen LogP contribution in [0.15, 0.2) is 11.4 Å². The Morgan fingerprint density at radius 3 is 2.22 bits per heavy atom. The first-order valence-electron chi connectivity index (χ1n) is 2.30. The van der Waals surface area contributed by atoms with Crippen molar-refractivity contribution in [1.29, 1.82) is 0 Å². The molecule has 0 aromatic carbocycles. The number of aldehydes is 1. The first-order valence-corrected chi connectivity index (χ1v) is 2.30. The number of carbonyl (C=O) groups excluding carboxylic acids is 1. The van der Waals surface area contributed by atoms with Crippen LogP contribution in [0.5, 0.6) is 0 Å². The van der Waals surface area contributed by atoms with Crippen molar-refractivity contribution in [3.8, 4) is 0 Å². The van der Waals surface area contributed by atoms with Crippen LogP contribution >= 0.6 is 0 Å². The summed E-state index contributed by atoms with van der Waals surface area (Å²) in [6.07, 6.45) is -0.630. The van der Waals surface area contributed by atoms with Crippen LogP contribution in [-0.4, -0.2) is 12.2 Å². The molecule has 1 aliphatic carbocycles. The van der Waals surface area contributed by atoms with Gasteiger partial charge in [0.15, 0.2) is 5.83 Å². The number of hydrogen-bond acceptors (Lipinski definition) is 1. The first kappa shape index (κ1) is 6.32. The van der Waals surface area contributed by atoms with E-state index in [2.05, 4.69) is 0 Å².